The second-order valence-electron chi connectivity index (χ2n) is 5.17. The maximum atomic E-state index is 11.4. The van der Waals surface area contributed by atoms with E-state index in [0.29, 0.717) is 11.6 Å². The summed E-state index contributed by atoms with van der Waals surface area (Å²) in [4.78, 5) is 18.0. The zero-order chi connectivity index (χ0) is 13.8. The number of aromatic nitrogens is 1. The second-order valence-corrected chi connectivity index (χ2v) is 5.17. The molecule has 0 radical (unpaired) electrons. The average molecular weight is 263 g/mol. The normalized spacial score (nSPS) is 24.2. The predicted molar refractivity (Wildman–Crippen MR) is 72.6 cm³/mol. The van der Waals surface area contributed by atoms with Gasteiger partial charge in [0.05, 0.1) is 12.8 Å². The van der Waals surface area contributed by atoms with Crippen LogP contribution < -0.4 is 5.73 Å². The molecule has 1 aliphatic rings. The van der Waals surface area contributed by atoms with Crippen LogP contribution in [0.5, 0.6) is 0 Å². The maximum Gasteiger partial charge on any atom is 0.356 e. The van der Waals surface area contributed by atoms with Gasteiger partial charge in [-0.2, -0.15) is 0 Å². The van der Waals surface area contributed by atoms with Crippen molar-refractivity contribution in [3.63, 3.8) is 0 Å². The third-order valence-corrected chi connectivity index (χ3v) is 3.69. The van der Waals surface area contributed by atoms with Crippen LogP contribution in [0.4, 0.5) is 0 Å². The molecule has 2 unspecified atom stereocenters. The Kier molecular flexibility index (Phi) is 4.50. The molecule has 2 rings (SSSR count). The van der Waals surface area contributed by atoms with Gasteiger partial charge in [0.15, 0.2) is 0 Å². The van der Waals surface area contributed by atoms with Gasteiger partial charge in [-0.25, -0.2) is 9.78 Å². The first-order chi connectivity index (χ1) is 9.10. The van der Waals surface area contributed by atoms with Gasteiger partial charge in [0.25, 0.3) is 0 Å². The third kappa shape index (κ3) is 3.52. The number of pyridine rings is 1. The largest absolute Gasteiger partial charge is 0.464 e. The molecule has 2 atom stereocenters. The molecule has 19 heavy (non-hydrogen) atoms. The molecule has 1 aromatic rings. The zero-order valence-electron chi connectivity index (χ0n) is 11.5. The highest BCUT2D eigenvalue weighted by molar-refractivity contribution is 5.87. The van der Waals surface area contributed by atoms with E-state index in [2.05, 4.69) is 21.5 Å². The molecule has 1 saturated heterocycles. The molecule has 5 nitrogen and oxygen atoms in total. The number of hydrogen-bond acceptors (Lipinski definition) is 5. The van der Waals surface area contributed by atoms with E-state index in [1.165, 1.54) is 7.11 Å². The minimum absolute atomic E-state index is 0.220. The second kappa shape index (κ2) is 6.12. The van der Waals surface area contributed by atoms with E-state index in [1.54, 1.807) is 6.07 Å². The molecule has 0 saturated carbocycles. The number of nitrogens with two attached hydrogens (primary N) is 1. The summed E-state index contributed by atoms with van der Waals surface area (Å²) in [5, 5.41) is 0. The van der Waals surface area contributed by atoms with Crippen LogP contribution in [-0.2, 0) is 11.3 Å². The van der Waals surface area contributed by atoms with Crippen molar-refractivity contribution >= 4 is 5.97 Å². The summed E-state index contributed by atoms with van der Waals surface area (Å²) in [7, 11) is 1.36. The summed E-state index contributed by atoms with van der Waals surface area (Å²) < 4.78 is 4.68. The number of piperidine rings is 1. The molecule has 2 N–H and O–H groups in total. The number of ether oxygens (including phenoxy) is 1. The van der Waals surface area contributed by atoms with Gasteiger partial charge in [0, 0.05) is 19.1 Å². The molecule has 104 valence electrons. The number of carbonyl (C=O) groups is 1. The molecule has 1 fully saturated rings. The first-order valence-corrected chi connectivity index (χ1v) is 6.62. The van der Waals surface area contributed by atoms with Gasteiger partial charge in [-0.05, 0) is 31.0 Å². The summed E-state index contributed by atoms with van der Waals surface area (Å²) >= 11 is 0. The lowest BCUT2D eigenvalue weighted by Gasteiger charge is -2.34. The summed E-state index contributed by atoms with van der Waals surface area (Å²) in [5.41, 5.74) is 7.32. The fourth-order valence-corrected chi connectivity index (χ4v) is 2.33. The van der Waals surface area contributed by atoms with Crippen LogP contribution in [0.1, 0.15) is 29.5 Å². The van der Waals surface area contributed by atoms with Gasteiger partial charge in [0.1, 0.15) is 5.69 Å². The van der Waals surface area contributed by atoms with Crippen molar-refractivity contribution in [1.82, 2.24) is 9.88 Å². The van der Waals surface area contributed by atoms with Crippen LogP contribution >= 0.6 is 0 Å². The van der Waals surface area contributed by atoms with Gasteiger partial charge >= 0.3 is 5.97 Å². The lowest BCUT2D eigenvalue weighted by molar-refractivity contribution is 0.0593. The summed E-state index contributed by atoms with van der Waals surface area (Å²) in [6.45, 7) is 4.83. The number of nitrogens with zero attached hydrogens (tertiary/aromatic N) is 2. The predicted octanol–water partition coefficient (Wildman–Crippen LogP) is 1.04. The van der Waals surface area contributed by atoms with Crippen molar-refractivity contribution in [3.8, 4) is 0 Å². The standard InChI is InChI=1S/C14H21N3O2/c1-10-6-7-17(9-12(10)15)8-11-4-3-5-13(16-11)14(18)19-2/h3-5,10,12H,6-9,15H2,1-2H3. The lowest BCUT2D eigenvalue weighted by atomic mass is 9.94. The number of methoxy groups -OCH3 is 1. The molecular weight excluding hydrogens is 242 g/mol. The van der Waals surface area contributed by atoms with Crippen molar-refractivity contribution in [2.75, 3.05) is 20.2 Å². The van der Waals surface area contributed by atoms with E-state index in [9.17, 15) is 4.79 Å². The monoisotopic (exact) mass is 263 g/mol. The van der Waals surface area contributed by atoms with Crippen molar-refractivity contribution < 1.29 is 9.53 Å². The number of carbonyl (C=O) groups excluding carboxylic acids is 1. The van der Waals surface area contributed by atoms with Crippen molar-refractivity contribution in [1.29, 1.82) is 0 Å². The molecule has 0 spiro atoms. The van der Waals surface area contributed by atoms with Gasteiger partial charge in [0.2, 0.25) is 0 Å². The molecule has 2 heterocycles. The van der Waals surface area contributed by atoms with E-state index < -0.39 is 5.97 Å². The summed E-state index contributed by atoms with van der Waals surface area (Å²) in [6.07, 6.45) is 1.11. The van der Waals surface area contributed by atoms with Gasteiger partial charge in [-0.15, -0.1) is 0 Å². The fraction of sp³-hybridized carbons (Fsp3) is 0.571. The molecule has 0 amide bonds. The highest BCUT2D eigenvalue weighted by Crippen LogP contribution is 2.17. The molecular formula is C14H21N3O2. The fourth-order valence-electron chi connectivity index (χ4n) is 2.33. The molecule has 1 aliphatic heterocycles. The third-order valence-electron chi connectivity index (χ3n) is 3.69. The van der Waals surface area contributed by atoms with E-state index in [1.807, 2.05) is 12.1 Å². The summed E-state index contributed by atoms with van der Waals surface area (Å²) in [6, 6.07) is 5.65. The number of rotatable bonds is 3. The average Bonchev–Trinajstić information content (AvgIpc) is 2.42. The van der Waals surface area contributed by atoms with Gasteiger partial charge in [-0.3, -0.25) is 4.90 Å². The Balaban J connectivity index is 2.01. The first kappa shape index (κ1) is 14.0. The lowest BCUT2D eigenvalue weighted by Crippen LogP contribution is -2.47. The van der Waals surface area contributed by atoms with Crippen molar-refractivity contribution in [2.45, 2.75) is 25.9 Å². The molecule has 0 aromatic carbocycles. The SMILES string of the molecule is COC(=O)c1cccc(CN2CCC(C)C(N)C2)n1. The minimum Gasteiger partial charge on any atom is -0.464 e. The van der Waals surface area contributed by atoms with Crippen LogP contribution in [0, 0.1) is 5.92 Å². The van der Waals surface area contributed by atoms with Gasteiger partial charge < -0.3 is 10.5 Å². The zero-order valence-corrected chi connectivity index (χ0v) is 11.5. The van der Waals surface area contributed by atoms with Crippen LogP contribution in [-0.4, -0.2) is 42.1 Å². The minimum atomic E-state index is -0.397. The number of esters is 1. The van der Waals surface area contributed by atoms with E-state index >= 15 is 0 Å². The Hall–Kier alpha value is -1.46. The highest BCUT2D eigenvalue weighted by atomic mass is 16.5. The van der Waals surface area contributed by atoms with E-state index in [0.717, 1.165) is 31.7 Å². The Morgan fingerprint density at radius 1 is 1.58 bits per heavy atom. The summed E-state index contributed by atoms with van der Waals surface area (Å²) in [5.74, 6) is 0.177. The topological polar surface area (TPSA) is 68.5 Å². The molecule has 5 heteroatoms. The maximum absolute atomic E-state index is 11.4. The molecule has 1 aromatic heterocycles. The first-order valence-electron chi connectivity index (χ1n) is 6.62. The number of likely N-dealkylation sites (tertiary alicyclic amines) is 1. The van der Waals surface area contributed by atoms with Crippen molar-refractivity contribution in [3.05, 3.63) is 29.6 Å². The highest BCUT2D eigenvalue weighted by Gasteiger charge is 2.23. The Morgan fingerprint density at radius 3 is 3.05 bits per heavy atom. The molecule has 0 bridgehead atoms. The Morgan fingerprint density at radius 2 is 2.37 bits per heavy atom. The van der Waals surface area contributed by atoms with Gasteiger partial charge in [-0.1, -0.05) is 13.0 Å². The Labute approximate surface area is 113 Å². The van der Waals surface area contributed by atoms with Crippen molar-refractivity contribution in [2.24, 2.45) is 11.7 Å². The van der Waals surface area contributed by atoms with Crippen LogP contribution in [0.2, 0.25) is 0 Å². The van der Waals surface area contributed by atoms with E-state index in [-0.39, 0.29) is 6.04 Å². The Bertz CT molecular complexity index is 450. The van der Waals surface area contributed by atoms with Crippen LogP contribution in [0.3, 0.4) is 0 Å². The van der Waals surface area contributed by atoms with Crippen LogP contribution in [0.15, 0.2) is 18.2 Å². The quantitative estimate of drug-likeness (QED) is 0.825. The number of hydrogen-bond donors (Lipinski definition) is 1. The molecule has 0 aliphatic carbocycles. The van der Waals surface area contributed by atoms with Crippen LogP contribution in [0.25, 0.3) is 0 Å². The van der Waals surface area contributed by atoms with E-state index in [4.69, 9.17) is 5.73 Å². The smallest absolute Gasteiger partial charge is 0.356 e.